The minimum Gasteiger partial charge on any atom is -0.497 e. The van der Waals surface area contributed by atoms with Gasteiger partial charge in [-0.05, 0) is 55.0 Å². The van der Waals surface area contributed by atoms with Crippen LogP contribution in [0.3, 0.4) is 0 Å². The van der Waals surface area contributed by atoms with Crippen LogP contribution in [0, 0.1) is 6.92 Å². The molecule has 0 amide bonds. The fraction of sp³-hybridized carbons (Fsp3) is 0.174. The number of methoxy groups -OCH3 is 1. The Bertz CT molecular complexity index is 1500. The van der Waals surface area contributed by atoms with Crippen molar-refractivity contribution in [3.63, 3.8) is 0 Å². The molecule has 6 nitrogen and oxygen atoms in total. The smallest absolute Gasteiger partial charge is 0.416 e. The Hall–Kier alpha value is -3.53. The number of hydrogen-bond acceptors (Lipinski definition) is 4. The van der Waals surface area contributed by atoms with Crippen LogP contribution < -0.4 is 10.3 Å². The van der Waals surface area contributed by atoms with Gasteiger partial charge in [0.1, 0.15) is 5.75 Å². The lowest BCUT2D eigenvalue weighted by Crippen LogP contribution is -2.28. The van der Waals surface area contributed by atoms with E-state index in [0.717, 1.165) is 26.5 Å². The van der Waals surface area contributed by atoms with Crippen molar-refractivity contribution in [2.75, 3.05) is 7.11 Å². The van der Waals surface area contributed by atoms with Crippen LogP contribution in [0.25, 0.3) is 10.9 Å². The molecule has 1 aromatic heterocycles. The van der Waals surface area contributed by atoms with Crippen LogP contribution in [0.2, 0.25) is 0 Å². The lowest BCUT2D eigenvalue weighted by Gasteiger charge is -2.15. The Labute approximate surface area is 187 Å². The number of aryl methyl sites for hydroxylation is 1. The highest BCUT2D eigenvalue weighted by Crippen LogP contribution is 2.30. The van der Waals surface area contributed by atoms with Gasteiger partial charge in [-0.2, -0.15) is 25.7 Å². The third kappa shape index (κ3) is 4.13. The van der Waals surface area contributed by atoms with Crippen molar-refractivity contribution < 1.29 is 26.3 Å². The fourth-order valence-electron chi connectivity index (χ4n) is 3.56. The summed E-state index contributed by atoms with van der Waals surface area (Å²) in [5.74, 6) is 0.343. The van der Waals surface area contributed by atoms with E-state index in [9.17, 15) is 26.4 Å². The average molecular weight is 476 g/mol. The molecule has 0 N–H and O–H groups in total. The number of aromatic nitrogens is 2. The number of benzene rings is 3. The van der Waals surface area contributed by atoms with Gasteiger partial charge in [0.25, 0.3) is 15.6 Å². The van der Waals surface area contributed by atoms with E-state index in [0.29, 0.717) is 5.75 Å². The van der Waals surface area contributed by atoms with Crippen molar-refractivity contribution >= 4 is 20.9 Å². The predicted molar refractivity (Wildman–Crippen MR) is 117 cm³/mol. The van der Waals surface area contributed by atoms with Gasteiger partial charge >= 0.3 is 6.18 Å². The Morgan fingerprint density at radius 3 is 2.30 bits per heavy atom. The number of alkyl halides is 3. The Kier molecular flexibility index (Phi) is 5.57. The highest BCUT2D eigenvalue weighted by Gasteiger charge is 2.31. The molecule has 0 aliphatic rings. The zero-order chi connectivity index (χ0) is 24.0. The van der Waals surface area contributed by atoms with E-state index in [1.165, 1.54) is 49.6 Å². The van der Waals surface area contributed by atoms with Crippen molar-refractivity contribution in [1.29, 1.82) is 0 Å². The summed E-state index contributed by atoms with van der Waals surface area (Å²) < 4.78 is 73.6. The van der Waals surface area contributed by atoms with E-state index in [-0.39, 0.29) is 27.9 Å². The molecular formula is C23H19F3N2O4S. The van der Waals surface area contributed by atoms with Crippen LogP contribution in [0.15, 0.2) is 76.4 Å². The van der Waals surface area contributed by atoms with E-state index < -0.39 is 27.3 Å². The first-order valence-corrected chi connectivity index (χ1v) is 11.2. The van der Waals surface area contributed by atoms with Crippen molar-refractivity contribution in [2.24, 2.45) is 0 Å². The van der Waals surface area contributed by atoms with E-state index in [4.69, 9.17) is 4.74 Å². The third-order valence-electron chi connectivity index (χ3n) is 5.23. The van der Waals surface area contributed by atoms with Gasteiger partial charge in [0.15, 0.2) is 0 Å². The summed E-state index contributed by atoms with van der Waals surface area (Å²) in [5.41, 5.74) is -0.497. The number of fused-ring (bicyclic) bond motifs is 1. The van der Waals surface area contributed by atoms with Crippen molar-refractivity contribution in [1.82, 2.24) is 8.77 Å². The second-order valence-electron chi connectivity index (χ2n) is 7.51. The molecule has 0 saturated heterocycles. The molecule has 0 atom stereocenters. The van der Waals surface area contributed by atoms with Gasteiger partial charge in [-0.25, -0.2) is 4.68 Å². The van der Waals surface area contributed by atoms with E-state index in [2.05, 4.69) is 0 Å². The first-order chi connectivity index (χ1) is 15.5. The lowest BCUT2D eigenvalue weighted by atomic mass is 10.1. The molecule has 3 aromatic carbocycles. The summed E-state index contributed by atoms with van der Waals surface area (Å²) >= 11 is 0. The maximum atomic E-state index is 13.6. The lowest BCUT2D eigenvalue weighted by molar-refractivity contribution is -0.137. The Morgan fingerprint density at radius 2 is 1.67 bits per heavy atom. The van der Waals surface area contributed by atoms with E-state index in [1.54, 1.807) is 19.1 Å². The molecule has 0 radical (unpaired) electrons. The van der Waals surface area contributed by atoms with Crippen molar-refractivity contribution in [3.8, 4) is 5.75 Å². The highest BCUT2D eigenvalue weighted by atomic mass is 32.2. The molecule has 0 aliphatic heterocycles. The standard InChI is InChI=1S/C23H19F3N2O4S/c1-15-6-9-19(10-7-15)33(30,31)28-21-11-8-18(32-2)13-20(21)22(29)27(28)14-16-4-3-5-17(12-16)23(24,25)26/h3-13H,14H2,1-2H3. The molecule has 33 heavy (non-hydrogen) atoms. The summed E-state index contributed by atoms with van der Waals surface area (Å²) in [6.45, 7) is 1.42. The monoisotopic (exact) mass is 476 g/mol. The molecule has 172 valence electrons. The van der Waals surface area contributed by atoms with Crippen LogP contribution in [-0.2, 0) is 22.7 Å². The van der Waals surface area contributed by atoms with E-state index >= 15 is 0 Å². The van der Waals surface area contributed by atoms with Gasteiger partial charge in [-0.3, -0.25) is 4.79 Å². The van der Waals surface area contributed by atoms with Crippen LogP contribution in [-0.4, -0.2) is 24.3 Å². The molecular weight excluding hydrogens is 457 g/mol. The minimum atomic E-state index is -4.57. The normalized spacial score (nSPS) is 12.3. The fourth-order valence-corrected chi connectivity index (χ4v) is 5.05. The third-order valence-corrected chi connectivity index (χ3v) is 6.94. The van der Waals surface area contributed by atoms with Crippen LogP contribution in [0.4, 0.5) is 13.2 Å². The topological polar surface area (TPSA) is 70.3 Å². The summed E-state index contributed by atoms with van der Waals surface area (Å²) in [4.78, 5) is 13.2. The number of halogens is 3. The number of nitrogens with zero attached hydrogens (tertiary/aromatic N) is 2. The second kappa shape index (κ2) is 8.11. The first kappa shape index (κ1) is 22.7. The highest BCUT2D eigenvalue weighted by molar-refractivity contribution is 7.90. The zero-order valence-electron chi connectivity index (χ0n) is 17.6. The largest absolute Gasteiger partial charge is 0.497 e. The molecule has 4 aromatic rings. The van der Waals surface area contributed by atoms with Gasteiger partial charge in [-0.15, -0.1) is 0 Å². The molecule has 0 unspecified atom stereocenters. The molecule has 0 bridgehead atoms. The molecule has 1 heterocycles. The van der Waals surface area contributed by atoms with Gasteiger partial charge in [-0.1, -0.05) is 29.8 Å². The maximum Gasteiger partial charge on any atom is 0.416 e. The predicted octanol–water partition coefficient (Wildman–Crippen LogP) is 4.42. The molecule has 0 saturated carbocycles. The molecule has 0 spiro atoms. The molecule has 4 rings (SSSR count). The van der Waals surface area contributed by atoms with Crippen LogP contribution in [0.1, 0.15) is 16.7 Å². The zero-order valence-corrected chi connectivity index (χ0v) is 18.4. The van der Waals surface area contributed by atoms with Crippen molar-refractivity contribution in [3.05, 3.63) is 93.8 Å². The molecule has 0 fully saturated rings. The number of hydrogen-bond donors (Lipinski definition) is 0. The van der Waals surface area contributed by atoms with Crippen LogP contribution in [0.5, 0.6) is 5.75 Å². The number of ether oxygens (including phenoxy) is 1. The van der Waals surface area contributed by atoms with Gasteiger partial charge < -0.3 is 4.74 Å². The van der Waals surface area contributed by atoms with Gasteiger partial charge in [0, 0.05) is 0 Å². The quantitative estimate of drug-likeness (QED) is 0.428. The summed E-state index contributed by atoms with van der Waals surface area (Å²) in [6, 6.07) is 14.9. The number of rotatable bonds is 5. The Balaban J connectivity index is 1.97. The van der Waals surface area contributed by atoms with Gasteiger partial charge in [0.05, 0.1) is 35.0 Å². The minimum absolute atomic E-state index is 0.0568. The van der Waals surface area contributed by atoms with Gasteiger partial charge in [0.2, 0.25) is 0 Å². The van der Waals surface area contributed by atoms with Crippen LogP contribution >= 0.6 is 0 Å². The summed E-state index contributed by atoms with van der Waals surface area (Å²) in [5, 5.41) is 0.0667. The summed E-state index contributed by atoms with van der Waals surface area (Å²) in [7, 11) is -2.85. The van der Waals surface area contributed by atoms with E-state index in [1.807, 2.05) is 0 Å². The summed E-state index contributed by atoms with van der Waals surface area (Å²) in [6.07, 6.45) is -4.57. The molecule has 0 aliphatic carbocycles. The SMILES string of the molecule is COc1ccc2c(c1)c(=O)n(Cc1cccc(C(F)(F)F)c1)n2S(=O)(=O)c1ccc(C)cc1. The second-order valence-corrected chi connectivity index (χ2v) is 9.27. The average Bonchev–Trinajstić information content (AvgIpc) is 3.05. The maximum absolute atomic E-state index is 13.6. The Morgan fingerprint density at radius 1 is 0.970 bits per heavy atom. The molecule has 10 heteroatoms. The van der Waals surface area contributed by atoms with Crippen molar-refractivity contribution in [2.45, 2.75) is 24.5 Å². The first-order valence-electron chi connectivity index (χ1n) is 9.80.